The molecule has 0 unspecified atom stereocenters. The van der Waals surface area contributed by atoms with Crippen LogP contribution in [0.2, 0.25) is 5.02 Å². The molecule has 0 saturated heterocycles. The molecule has 2 aromatic carbocycles. The van der Waals surface area contributed by atoms with Gasteiger partial charge in [-0.05, 0) is 23.8 Å². The maximum atomic E-state index is 12.2. The smallest absolute Gasteiger partial charge is 0.270 e. The van der Waals surface area contributed by atoms with Gasteiger partial charge in [0.1, 0.15) is 12.0 Å². The van der Waals surface area contributed by atoms with Gasteiger partial charge in [0.15, 0.2) is 0 Å². The molecule has 5 heteroatoms. The molecular weight excluding hydrogens is 310 g/mol. The Hall–Kier alpha value is -2.72. The zero-order valence-electron chi connectivity index (χ0n) is 12.2. The van der Waals surface area contributed by atoms with E-state index in [2.05, 4.69) is 15.3 Å². The number of carbonyl (C=O) groups is 1. The monoisotopic (exact) mass is 323 g/mol. The number of nitrogens with zero attached hydrogens (tertiary/aromatic N) is 2. The van der Waals surface area contributed by atoms with Gasteiger partial charge in [-0.3, -0.25) is 4.79 Å². The van der Waals surface area contributed by atoms with Gasteiger partial charge in [0.25, 0.3) is 5.91 Å². The molecule has 4 nitrogen and oxygen atoms in total. The number of amides is 1. The van der Waals surface area contributed by atoms with Crippen molar-refractivity contribution in [3.05, 3.63) is 83.3 Å². The number of hydrogen-bond acceptors (Lipinski definition) is 3. The van der Waals surface area contributed by atoms with E-state index >= 15 is 0 Å². The average molecular weight is 324 g/mol. The highest BCUT2D eigenvalue weighted by Crippen LogP contribution is 2.20. The Morgan fingerprint density at radius 1 is 1.00 bits per heavy atom. The summed E-state index contributed by atoms with van der Waals surface area (Å²) in [4.78, 5) is 20.5. The molecule has 0 saturated carbocycles. The molecule has 1 N–H and O–H groups in total. The lowest BCUT2D eigenvalue weighted by molar-refractivity contribution is 0.0946. The second-order valence-electron chi connectivity index (χ2n) is 4.97. The van der Waals surface area contributed by atoms with Crippen LogP contribution in [0.25, 0.3) is 11.3 Å². The van der Waals surface area contributed by atoms with Gasteiger partial charge in [0, 0.05) is 17.1 Å². The lowest BCUT2D eigenvalue weighted by Gasteiger charge is -2.06. The summed E-state index contributed by atoms with van der Waals surface area (Å²) in [5.74, 6) is -0.237. The first kappa shape index (κ1) is 15.2. The minimum absolute atomic E-state index is 0.237. The standard InChI is InChI=1S/C18H14ClN3O/c19-15-8-4-7-14(9-15)16-10-17(22-12-21-16)18(23)20-11-13-5-2-1-3-6-13/h1-10,12H,11H2,(H,20,23). The SMILES string of the molecule is O=C(NCc1ccccc1)c1cc(-c2cccc(Cl)c2)ncn1. The van der Waals surface area contributed by atoms with Gasteiger partial charge in [-0.25, -0.2) is 9.97 Å². The van der Waals surface area contributed by atoms with E-state index in [1.54, 1.807) is 18.2 Å². The summed E-state index contributed by atoms with van der Waals surface area (Å²) in [6.07, 6.45) is 1.38. The highest BCUT2D eigenvalue weighted by Gasteiger charge is 2.09. The van der Waals surface area contributed by atoms with Crippen LogP contribution in [0.1, 0.15) is 16.1 Å². The van der Waals surface area contributed by atoms with Gasteiger partial charge in [-0.15, -0.1) is 0 Å². The number of hydrogen-bond donors (Lipinski definition) is 1. The number of halogens is 1. The second-order valence-corrected chi connectivity index (χ2v) is 5.40. The third-order valence-electron chi connectivity index (χ3n) is 3.32. The fraction of sp³-hybridized carbons (Fsp3) is 0.0556. The van der Waals surface area contributed by atoms with Crippen LogP contribution in [-0.2, 0) is 6.54 Å². The minimum atomic E-state index is -0.237. The number of aromatic nitrogens is 2. The van der Waals surface area contributed by atoms with E-state index in [0.29, 0.717) is 23.0 Å². The molecule has 3 aromatic rings. The third kappa shape index (κ3) is 3.93. The molecular formula is C18H14ClN3O. The van der Waals surface area contributed by atoms with Crippen LogP contribution in [0.5, 0.6) is 0 Å². The summed E-state index contributed by atoms with van der Waals surface area (Å²) < 4.78 is 0. The van der Waals surface area contributed by atoms with Crippen molar-refractivity contribution in [3.8, 4) is 11.3 Å². The molecule has 1 heterocycles. The van der Waals surface area contributed by atoms with Gasteiger partial charge < -0.3 is 5.32 Å². The molecule has 0 bridgehead atoms. The van der Waals surface area contributed by atoms with Crippen LogP contribution in [0.15, 0.2) is 67.0 Å². The van der Waals surface area contributed by atoms with E-state index in [0.717, 1.165) is 11.1 Å². The predicted octanol–water partition coefficient (Wildman–Crippen LogP) is 3.73. The molecule has 0 spiro atoms. The molecule has 0 radical (unpaired) electrons. The van der Waals surface area contributed by atoms with E-state index in [4.69, 9.17) is 11.6 Å². The Labute approximate surface area is 139 Å². The second kappa shape index (κ2) is 7.03. The van der Waals surface area contributed by atoms with E-state index in [1.165, 1.54) is 6.33 Å². The van der Waals surface area contributed by atoms with Crippen molar-refractivity contribution in [2.75, 3.05) is 0 Å². The number of benzene rings is 2. The van der Waals surface area contributed by atoms with Crippen molar-refractivity contribution in [2.45, 2.75) is 6.54 Å². The number of carbonyl (C=O) groups excluding carboxylic acids is 1. The van der Waals surface area contributed by atoms with E-state index < -0.39 is 0 Å². The maximum Gasteiger partial charge on any atom is 0.270 e. The molecule has 0 aliphatic carbocycles. The summed E-state index contributed by atoms with van der Waals surface area (Å²) in [6.45, 7) is 0.455. The minimum Gasteiger partial charge on any atom is -0.347 e. The first-order valence-electron chi connectivity index (χ1n) is 7.12. The Morgan fingerprint density at radius 2 is 1.83 bits per heavy atom. The Bertz CT molecular complexity index is 821. The largest absolute Gasteiger partial charge is 0.347 e. The fourth-order valence-electron chi connectivity index (χ4n) is 2.16. The summed E-state index contributed by atoms with van der Waals surface area (Å²) in [5.41, 5.74) is 2.86. The molecule has 1 amide bonds. The van der Waals surface area contributed by atoms with E-state index in [9.17, 15) is 4.79 Å². The summed E-state index contributed by atoms with van der Waals surface area (Å²) in [6, 6.07) is 18.7. The molecule has 23 heavy (non-hydrogen) atoms. The average Bonchev–Trinajstić information content (AvgIpc) is 2.61. The van der Waals surface area contributed by atoms with Gasteiger partial charge in [0.2, 0.25) is 0 Å². The number of nitrogens with one attached hydrogen (secondary N) is 1. The Morgan fingerprint density at radius 3 is 2.61 bits per heavy atom. The van der Waals surface area contributed by atoms with Crippen molar-refractivity contribution in [1.29, 1.82) is 0 Å². The molecule has 3 rings (SSSR count). The molecule has 114 valence electrons. The highest BCUT2D eigenvalue weighted by atomic mass is 35.5. The first-order chi connectivity index (χ1) is 11.2. The van der Waals surface area contributed by atoms with Crippen LogP contribution in [0.4, 0.5) is 0 Å². The Kier molecular flexibility index (Phi) is 4.64. The molecule has 0 aliphatic heterocycles. The molecule has 1 aromatic heterocycles. The summed E-state index contributed by atoms with van der Waals surface area (Å²) >= 11 is 5.99. The van der Waals surface area contributed by atoms with Crippen molar-refractivity contribution in [2.24, 2.45) is 0 Å². The zero-order valence-corrected chi connectivity index (χ0v) is 13.0. The van der Waals surface area contributed by atoms with Gasteiger partial charge >= 0.3 is 0 Å². The van der Waals surface area contributed by atoms with Crippen molar-refractivity contribution < 1.29 is 4.79 Å². The van der Waals surface area contributed by atoms with Crippen molar-refractivity contribution in [1.82, 2.24) is 15.3 Å². The summed E-state index contributed by atoms with van der Waals surface area (Å²) in [5, 5.41) is 3.47. The lowest BCUT2D eigenvalue weighted by atomic mass is 10.1. The normalized spacial score (nSPS) is 10.3. The lowest BCUT2D eigenvalue weighted by Crippen LogP contribution is -2.23. The van der Waals surface area contributed by atoms with Crippen LogP contribution >= 0.6 is 11.6 Å². The van der Waals surface area contributed by atoms with Crippen LogP contribution < -0.4 is 5.32 Å². The van der Waals surface area contributed by atoms with E-state index in [1.807, 2.05) is 42.5 Å². The van der Waals surface area contributed by atoms with Gasteiger partial charge in [-0.1, -0.05) is 54.1 Å². The van der Waals surface area contributed by atoms with Crippen molar-refractivity contribution in [3.63, 3.8) is 0 Å². The predicted molar refractivity (Wildman–Crippen MR) is 90.1 cm³/mol. The van der Waals surface area contributed by atoms with E-state index in [-0.39, 0.29) is 5.91 Å². The molecule has 0 aliphatic rings. The quantitative estimate of drug-likeness (QED) is 0.796. The van der Waals surface area contributed by atoms with Crippen LogP contribution in [-0.4, -0.2) is 15.9 Å². The van der Waals surface area contributed by atoms with Gasteiger partial charge in [0.05, 0.1) is 5.69 Å². The molecule has 0 atom stereocenters. The maximum absolute atomic E-state index is 12.2. The fourth-order valence-corrected chi connectivity index (χ4v) is 2.35. The molecule has 0 fully saturated rings. The zero-order chi connectivity index (χ0) is 16.1. The van der Waals surface area contributed by atoms with Crippen LogP contribution in [0.3, 0.4) is 0 Å². The van der Waals surface area contributed by atoms with Gasteiger partial charge in [-0.2, -0.15) is 0 Å². The van der Waals surface area contributed by atoms with Crippen LogP contribution in [0, 0.1) is 0 Å². The summed E-state index contributed by atoms with van der Waals surface area (Å²) in [7, 11) is 0. The third-order valence-corrected chi connectivity index (χ3v) is 3.55. The Balaban J connectivity index is 1.75. The van der Waals surface area contributed by atoms with Crippen molar-refractivity contribution >= 4 is 17.5 Å². The highest BCUT2D eigenvalue weighted by molar-refractivity contribution is 6.30. The first-order valence-corrected chi connectivity index (χ1v) is 7.50. The number of rotatable bonds is 4. The topological polar surface area (TPSA) is 54.9 Å².